The highest BCUT2D eigenvalue weighted by Gasteiger charge is 2.39. The molecule has 2 heterocycles. The minimum Gasteiger partial charge on any atom is -0.329 e. The first-order chi connectivity index (χ1) is 16.5. The quantitative estimate of drug-likeness (QED) is 0.553. The molecule has 0 saturated carbocycles. The van der Waals surface area contributed by atoms with Crippen LogP contribution in [0.15, 0.2) is 42.5 Å². The number of imide groups is 1. The zero-order chi connectivity index (χ0) is 25.3. The normalized spacial score (nSPS) is 17.9. The van der Waals surface area contributed by atoms with Gasteiger partial charge < -0.3 is 15.5 Å². The van der Waals surface area contributed by atoms with Gasteiger partial charge in [-0.3, -0.25) is 19.7 Å². The smallest absolute Gasteiger partial charge is 0.319 e. The van der Waals surface area contributed by atoms with Crippen LogP contribution in [-0.4, -0.2) is 34.7 Å². The number of urea groups is 1. The second-order valence-electron chi connectivity index (χ2n) is 10.3. The van der Waals surface area contributed by atoms with Gasteiger partial charge in [0.15, 0.2) is 0 Å². The second kappa shape index (κ2) is 9.52. The van der Waals surface area contributed by atoms with Gasteiger partial charge in [-0.1, -0.05) is 38.1 Å². The third kappa shape index (κ3) is 5.37. The Kier molecular flexibility index (Phi) is 6.65. The fraction of sp³-hybridized carbons (Fsp3) is 0.407. The average Bonchev–Trinajstić information content (AvgIpc) is 3.09. The highest BCUT2D eigenvalue weighted by atomic mass is 16.2. The molecule has 1 saturated heterocycles. The Morgan fingerprint density at radius 2 is 1.83 bits per heavy atom. The van der Waals surface area contributed by atoms with Crippen molar-refractivity contribution in [1.29, 1.82) is 0 Å². The van der Waals surface area contributed by atoms with Crippen LogP contribution in [0, 0.1) is 5.92 Å². The standard InChI is InChI=1S/C27H32N4O4/c1-16(2)13-17-5-7-19(8-6-17)27(3,4)30-26(35)28-20-9-10-21-18(14-20)15-31(25(21)34)22-11-12-23(32)29-24(22)33/h5-10,14,16,22H,11-13,15H2,1-4H3,(H2,28,30,35)(H,29,32,33). The summed E-state index contributed by atoms with van der Waals surface area (Å²) in [4.78, 5) is 50.8. The van der Waals surface area contributed by atoms with Crippen LogP contribution in [-0.2, 0) is 28.1 Å². The van der Waals surface area contributed by atoms with Crippen molar-refractivity contribution >= 4 is 29.4 Å². The molecule has 35 heavy (non-hydrogen) atoms. The summed E-state index contributed by atoms with van der Waals surface area (Å²) in [5, 5.41) is 8.17. The molecule has 8 nitrogen and oxygen atoms in total. The first-order valence-electron chi connectivity index (χ1n) is 12.0. The lowest BCUT2D eigenvalue weighted by Crippen LogP contribution is -2.52. The molecule has 5 amide bonds. The fourth-order valence-electron chi connectivity index (χ4n) is 4.70. The number of anilines is 1. The molecule has 1 atom stereocenters. The van der Waals surface area contributed by atoms with Crippen molar-refractivity contribution in [3.05, 3.63) is 64.7 Å². The first-order valence-corrected chi connectivity index (χ1v) is 12.0. The van der Waals surface area contributed by atoms with Crippen LogP contribution in [0.1, 0.15) is 67.6 Å². The van der Waals surface area contributed by atoms with Crippen molar-refractivity contribution in [2.75, 3.05) is 5.32 Å². The predicted octanol–water partition coefficient (Wildman–Crippen LogP) is 3.70. The van der Waals surface area contributed by atoms with E-state index in [0.29, 0.717) is 23.6 Å². The number of fused-ring (bicyclic) bond motifs is 1. The average molecular weight is 477 g/mol. The summed E-state index contributed by atoms with van der Waals surface area (Å²) < 4.78 is 0. The molecule has 0 bridgehead atoms. The van der Waals surface area contributed by atoms with Gasteiger partial charge in [0.25, 0.3) is 5.91 Å². The van der Waals surface area contributed by atoms with E-state index in [9.17, 15) is 19.2 Å². The largest absolute Gasteiger partial charge is 0.329 e. The van der Waals surface area contributed by atoms with E-state index in [2.05, 4.69) is 41.9 Å². The monoisotopic (exact) mass is 476 g/mol. The molecule has 1 unspecified atom stereocenters. The molecule has 0 aliphatic carbocycles. The Bertz CT molecular complexity index is 1170. The molecular weight excluding hydrogens is 444 g/mol. The number of nitrogens with zero attached hydrogens (tertiary/aromatic N) is 1. The zero-order valence-corrected chi connectivity index (χ0v) is 20.6. The minimum atomic E-state index is -0.667. The van der Waals surface area contributed by atoms with E-state index in [1.165, 1.54) is 10.5 Å². The molecule has 8 heteroatoms. The molecule has 0 radical (unpaired) electrons. The summed E-state index contributed by atoms with van der Waals surface area (Å²) in [5.74, 6) is -0.425. The van der Waals surface area contributed by atoms with Crippen LogP contribution < -0.4 is 16.0 Å². The van der Waals surface area contributed by atoms with Gasteiger partial charge >= 0.3 is 6.03 Å². The van der Waals surface area contributed by atoms with Gasteiger partial charge in [0.05, 0.1) is 5.54 Å². The molecule has 4 rings (SSSR count). The molecule has 2 aliphatic heterocycles. The number of hydrogen-bond donors (Lipinski definition) is 3. The number of nitrogens with one attached hydrogen (secondary N) is 3. The molecule has 2 aromatic rings. The van der Waals surface area contributed by atoms with Crippen molar-refractivity contribution in [3.8, 4) is 0 Å². The highest BCUT2D eigenvalue weighted by Crippen LogP contribution is 2.29. The fourth-order valence-corrected chi connectivity index (χ4v) is 4.70. The Balaban J connectivity index is 1.40. The summed E-state index contributed by atoms with van der Waals surface area (Å²) >= 11 is 0. The third-order valence-corrected chi connectivity index (χ3v) is 6.53. The van der Waals surface area contributed by atoms with E-state index in [1.54, 1.807) is 18.2 Å². The van der Waals surface area contributed by atoms with E-state index >= 15 is 0 Å². The molecule has 0 aromatic heterocycles. The van der Waals surface area contributed by atoms with Crippen molar-refractivity contribution < 1.29 is 19.2 Å². The second-order valence-corrected chi connectivity index (χ2v) is 10.3. The number of rotatable bonds is 6. The van der Waals surface area contributed by atoms with Crippen LogP contribution in [0.25, 0.3) is 0 Å². The molecule has 2 aromatic carbocycles. The minimum absolute atomic E-state index is 0.208. The van der Waals surface area contributed by atoms with Crippen LogP contribution in [0.3, 0.4) is 0 Å². The lowest BCUT2D eigenvalue weighted by atomic mass is 9.92. The van der Waals surface area contributed by atoms with E-state index in [1.807, 2.05) is 26.0 Å². The zero-order valence-electron chi connectivity index (χ0n) is 20.6. The van der Waals surface area contributed by atoms with Crippen molar-refractivity contribution in [2.45, 2.75) is 65.1 Å². The van der Waals surface area contributed by atoms with Gasteiger partial charge in [0.2, 0.25) is 11.8 Å². The van der Waals surface area contributed by atoms with E-state index < -0.39 is 17.5 Å². The van der Waals surface area contributed by atoms with E-state index in [4.69, 9.17) is 0 Å². The molecule has 3 N–H and O–H groups in total. The summed E-state index contributed by atoms with van der Waals surface area (Å²) in [7, 11) is 0. The Morgan fingerprint density at radius 3 is 2.49 bits per heavy atom. The summed E-state index contributed by atoms with van der Waals surface area (Å²) in [6.45, 7) is 8.52. The van der Waals surface area contributed by atoms with E-state index in [0.717, 1.165) is 17.5 Å². The molecule has 184 valence electrons. The number of carbonyl (C=O) groups is 4. The third-order valence-electron chi connectivity index (χ3n) is 6.53. The first kappa shape index (κ1) is 24.4. The number of benzene rings is 2. The maximum absolute atomic E-state index is 12.8. The number of carbonyl (C=O) groups excluding carboxylic acids is 4. The summed E-state index contributed by atoms with van der Waals surface area (Å²) in [6.07, 6.45) is 1.53. The van der Waals surface area contributed by atoms with Gasteiger partial charge in [-0.25, -0.2) is 4.79 Å². The van der Waals surface area contributed by atoms with Crippen LogP contribution in [0.4, 0.5) is 10.5 Å². The molecule has 0 spiro atoms. The van der Waals surface area contributed by atoms with Gasteiger partial charge in [-0.2, -0.15) is 0 Å². The van der Waals surface area contributed by atoms with Crippen molar-refractivity contribution in [2.24, 2.45) is 5.92 Å². The highest BCUT2D eigenvalue weighted by molar-refractivity contribution is 6.05. The van der Waals surface area contributed by atoms with Crippen molar-refractivity contribution in [1.82, 2.24) is 15.5 Å². The Morgan fingerprint density at radius 1 is 1.11 bits per heavy atom. The molecule has 2 aliphatic rings. The van der Waals surface area contributed by atoms with Gasteiger partial charge in [0, 0.05) is 24.2 Å². The van der Waals surface area contributed by atoms with Crippen LogP contribution >= 0.6 is 0 Å². The summed E-state index contributed by atoms with van der Waals surface area (Å²) in [5.41, 5.74) is 3.47. The Hall–Kier alpha value is -3.68. The topological polar surface area (TPSA) is 108 Å². The van der Waals surface area contributed by atoms with Crippen LogP contribution in [0.5, 0.6) is 0 Å². The van der Waals surface area contributed by atoms with Gasteiger partial charge in [-0.05, 0) is 67.5 Å². The van der Waals surface area contributed by atoms with Gasteiger partial charge in [0.1, 0.15) is 6.04 Å². The van der Waals surface area contributed by atoms with Crippen molar-refractivity contribution in [3.63, 3.8) is 0 Å². The molecular formula is C27H32N4O4. The number of piperidine rings is 1. The lowest BCUT2D eigenvalue weighted by molar-refractivity contribution is -0.136. The summed E-state index contributed by atoms with van der Waals surface area (Å²) in [6, 6.07) is 12.4. The number of hydrogen-bond acceptors (Lipinski definition) is 4. The Labute approximate surface area is 205 Å². The maximum Gasteiger partial charge on any atom is 0.319 e. The maximum atomic E-state index is 12.8. The molecule has 1 fully saturated rings. The number of amides is 5. The van der Waals surface area contributed by atoms with Gasteiger partial charge in [-0.15, -0.1) is 0 Å². The van der Waals surface area contributed by atoms with E-state index in [-0.39, 0.29) is 30.8 Å². The predicted molar refractivity (Wildman–Crippen MR) is 133 cm³/mol. The SMILES string of the molecule is CC(C)Cc1ccc(C(C)(C)NC(=O)Nc2ccc3c(c2)CN(C2CCC(=O)NC2=O)C3=O)cc1. The lowest BCUT2D eigenvalue weighted by Gasteiger charge is -2.29. The van der Waals surface area contributed by atoms with Crippen LogP contribution in [0.2, 0.25) is 0 Å².